The molecule has 0 radical (unpaired) electrons. The van der Waals surface area contributed by atoms with Gasteiger partial charge in [-0.25, -0.2) is 0 Å². The Labute approximate surface area is 115 Å². The number of hydrogen-bond acceptors (Lipinski definition) is 2. The molecule has 0 spiro atoms. The van der Waals surface area contributed by atoms with Crippen molar-refractivity contribution >= 4 is 11.4 Å². The summed E-state index contributed by atoms with van der Waals surface area (Å²) in [6, 6.07) is 12.5. The van der Waals surface area contributed by atoms with Crippen molar-refractivity contribution < 1.29 is 0 Å². The number of nitrogen functional groups attached to an aromatic ring is 2. The standard InChI is InChI=1S/C17H22N2/c1-4-13-10-15(18)6-7-16(13)12(3)14-5-8-17(19)11(2)9-14/h5-10,12H,4,18-19H2,1-3H3. The molecule has 0 bridgehead atoms. The van der Waals surface area contributed by atoms with Crippen molar-refractivity contribution in [3.8, 4) is 0 Å². The van der Waals surface area contributed by atoms with Crippen molar-refractivity contribution in [3.63, 3.8) is 0 Å². The molecule has 0 aliphatic rings. The lowest BCUT2D eigenvalue weighted by Crippen LogP contribution is -2.03. The van der Waals surface area contributed by atoms with Crippen molar-refractivity contribution in [1.29, 1.82) is 0 Å². The van der Waals surface area contributed by atoms with Crippen molar-refractivity contribution in [3.05, 3.63) is 58.7 Å². The molecule has 0 aromatic heterocycles. The Morgan fingerprint density at radius 1 is 1.05 bits per heavy atom. The number of anilines is 2. The zero-order valence-corrected chi connectivity index (χ0v) is 11.9. The van der Waals surface area contributed by atoms with Crippen LogP contribution >= 0.6 is 0 Å². The van der Waals surface area contributed by atoms with Gasteiger partial charge in [0.1, 0.15) is 0 Å². The molecule has 2 aromatic rings. The van der Waals surface area contributed by atoms with E-state index in [0.29, 0.717) is 5.92 Å². The lowest BCUT2D eigenvalue weighted by Gasteiger charge is -2.18. The van der Waals surface area contributed by atoms with Gasteiger partial charge in [-0.2, -0.15) is 0 Å². The van der Waals surface area contributed by atoms with Crippen LogP contribution in [0.5, 0.6) is 0 Å². The van der Waals surface area contributed by atoms with Crippen LogP contribution < -0.4 is 11.5 Å². The first kappa shape index (κ1) is 13.5. The highest BCUT2D eigenvalue weighted by Crippen LogP contribution is 2.30. The number of benzene rings is 2. The number of nitrogens with two attached hydrogens (primary N) is 2. The summed E-state index contributed by atoms with van der Waals surface area (Å²) in [5.41, 5.74) is 18.5. The molecule has 0 aliphatic carbocycles. The number of hydrogen-bond donors (Lipinski definition) is 2. The fraction of sp³-hybridized carbons (Fsp3) is 0.294. The van der Waals surface area contributed by atoms with Gasteiger partial charge in [0.2, 0.25) is 0 Å². The summed E-state index contributed by atoms with van der Waals surface area (Å²) in [5.74, 6) is 0.356. The van der Waals surface area contributed by atoms with Crippen LogP contribution in [0, 0.1) is 6.92 Å². The Balaban J connectivity index is 2.43. The fourth-order valence-corrected chi connectivity index (χ4v) is 2.50. The quantitative estimate of drug-likeness (QED) is 0.817. The highest BCUT2D eigenvalue weighted by molar-refractivity contribution is 5.52. The van der Waals surface area contributed by atoms with Crippen LogP contribution in [-0.2, 0) is 6.42 Å². The minimum absolute atomic E-state index is 0.356. The second-order valence-corrected chi connectivity index (χ2v) is 5.15. The Morgan fingerprint density at radius 2 is 1.79 bits per heavy atom. The van der Waals surface area contributed by atoms with Crippen LogP contribution in [0.25, 0.3) is 0 Å². The second kappa shape index (κ2) is 5.35. The third-order valence-corrected chi connectivity index (χ3v) is 3.81. The van der Waals surface area contributed by atoms with Crippen LogP contribution in [-0.4, -0.2) is 0 Å². The van der Waals surface area contributed by atoms with Crippen LogP contribution in [0.1, 0.15) is 42.0 Å². The maximum atomic E-state index is 5.89. The van der Waals surface area contributed by atoms with E-state index in [4.69, 9.17) is 11.5 Å². The molecule has 2 heteroatoms. The molecule has 0 aliphatic heterocycles. The minimum atomic E-state index is 0.356. The van der Waals surface area contributed by atoms with E-state index in [0.717, 1.165) is 23.4 Å². The van der Waals surface area contributed by atoms with E-state index in [9.17, 15) is 0 Å². The van der Waals surface area contributed by atoms with Crippen molar-refractivity contribution in [2.45, 2.75) is 33.1 Å². The van der Waals surface area contributed by atoms with Gasteiger partial charge in [-0.05, 0) is 53.8 Å². The molecule has 1 atom stereocenters. The Hall–Kier alpha value is -1.96. The van der Waals surface area contributed by atoms with Crippen LogP contribution in [0.3, 0.4) is 0 Å². The highest BCUT2D eigenvalue weighted by Gasteiger charge is 2.13. The monoisotopic (exact) mass is 254 g/mol. The topological polar surface area (TPSA) is 52.0 Å². The summed E-state index contributed by atoms with van der Waals surface area (Å²) in [4.78, 5) is 0. The van der Waals surface area contributed by atoms with E-state index in [1.807, 2.05) is 12.1 Å². The predicted molar refractivity (Wildman–Crippen MR) is 83.3 cm³/mol. The maximum Gasteiger partial charge on any atom is 0.0343 e. The van der Waals surface area contributed by atoms with E-state index in [1.54, 1.807) is 0 Å². The molecule has 0 saturated carbocycles. The van der Waals surface area contributed by atoms with Gasteiger partial charge in [-0.3, -0.25) is 0 Å². The average molecular weight is 254 g/mol. The van der Waals surface area contributed by atoms with Crippen LogP contribution in [0.15, 0.2) is 36.4 Å². The predicted octanol–water partition coefficient (Wildman–Crippen LogP) is 3.87. The molecule has 0 heterocycles. The lowest BCUT2D eigenvalue weighted by molar-refractivity contribution is 0.892. The summed E-state index contributed by atoms with van der Waals surface area (Å²) in [7, 11) is 0. The molecule has 2 rings (SSSR count). The summed E-state index contributed by atoms with van der Waals surface area (Å²) in [5, 5.41) is 0. The number of rotatable bonds is 3. The summed E-state index contributed by atoms with van der Waals surface area (Å²) in [6.45, 7) is 6.45. The molecule has 1 unspecified atom stereocenters. The van der Waals surface area contributed by atoms with Gasteiger partial charge >= 0.3 is 0 Å². The van der Waals surface area contributed by atoms with Crippen molar-refractivity contribution in [2.75, 3.05) is 11.5 Å². The van der Waals surface area contributed by atoms with Crippen LogP contribution in [0.4, 0.5) is 11.4 Å². The van der Waals surface area contributed by atoms with Gasteiger partial charge in [0.25, 0.3) is 0 Å². The molecule has 0 fully saturated rings. The van der Waals surface area contributed by atoms with E-state index in [-0.39, 0.29) is 0 Å². The SMILES string of the molecule is CCc1cc(N)ccc1C(C)c1ccc(N)c(C)c1. The molecule has 4 N–H and O–H groups in total. The molecule has 0 saturated heterocycles. The number of aryl methyl sites for hydroxylation is 2. The minimum Gasteiger partial charge on any atom is -0.399 e. The van der Waals surface area contributed by atoms with Crippen molar-refractivity contribution in [1.82, 2.24) is 0 Å². The molecule has 2 aromatic carbocycles. The van der Waals surface area contributed by atoms with Gasteiger partial charge in [0.15, 0.2) is 0 Å². The summed E-state index contributed by atoms with van der Waals surface area (Å²) in [6.07, 6.45) is 0.999. The first-order valence-electron chi connectivity index (χ1n) is 6.77. The molecular weight excluding hydrogens is 232 g/mol. The molecule has 100 valence electrons. The normalized spacial score (nSPS) is 12.4. The summed E-state index contributed by atoms with van der Waals surface area (Å²) >= 11 is 0. The van der Waals surface area contributed by atoms with Gasteiger partial charge < -0.3 is 11.5 Å². The van der Waals surface area contributed by atoms with Gasteiger partial charge in [0.05, 0.1) is 0 Å². The van der Waals surface area contributed by atoms with E-state index in [1.165, 1.54) is 16.7 Å². The van der Waals surface area contributed by atoms with E-state index in [2.05, 4.69) is 45.0 Å². The van der Waals surface area contributed by atoms with Gasteiger partial charge in [-0.1, -0.05) is 32.0 Å². The van der Waals surface area contributed by atoms with Crippen molar-refractivity contribution in [2.24, 2.45) is 0 Å². The smallest absolute Gasteiger partial charge is 0.0343 e. The molecule has 2 nitrogen and oxygen atoms in total. The Kier molecular flexibility index (Phi) is 3.79. The average Bonchev–Trinajstić information content (AvgIpc) is 2.41. The fourth-order valence-electron chi connectivity index (χ4n) is 2.50. The van der Waals surface area contributed by atoms with E-state index >= 15 is 0 Å². The highest BCUT2D eigenvalue weighted by atomic mass is 14.6. The van der Waals surface area contributed by atoms with Crippen LogP contribution in [0.2, 0.25) is 0 Å². The molecule has 19 heavy (non-hydrogen) atoms. The second-order valence-electron chi connectivity index (χ2n) is 5.15. The third kappa shape index (κ3) is 2.73. The third-order valence-electron chi connectivity index (χ3n) is 3.81. The first-order chi connectivity index (χ1) is 9.02. The zero-order valence-electron chi connectivity index (χ0n) is 11.9. The summed E-state index contributed by atoms with van der Waals surface area (Å²) < 4.78 is 0. The Morgan fingerprint density at radius 3 is 2.42 bits per heavy atom. The van der Waals surface area contributed by atoms with E-state index < -0.39 is 0 Å². The largest absolute Gasteiger partial charge is 0.399 e. The maximum absolute atomic E-state index is 5.89. The molecular formula is C17H22N2. The lowest BCUT2D eigenvalue weighted by atomic mass is 9.88. The Bertz CT molecular complexity index is 588. The van der Waals surface area contributed by atoms with Gasteiger partial charge in [-0.15, -0.1) is 0 Å². The molecule has 0 amide bonds. The zero-order chi connectivity index (χ0) is 14.0. The first-order valence-corrected chi connectivity index (χ1v) is 6.77. The van der Waals surface area contributed by atoms with Gasteiger partial charge in [0, 0.05) is 17.3 Å².